The molecule has 4 N–H and O–H groups in total. The lowest BCUT2D eigenvalue weighted by molar-refractivity contribution is 0.0954. The molecule has 0 atom stereocenters. The van der Waals surface area contributed by atoms with E-state index in [2.05, 4.69) is 16.0 Å². The second-order valence-electron chi connectivity index (χ2n) is 7.78. The van der Waals surface area contributed by atoms with E-state index in [0.29, 0.717) is 18.7 Å². The van der Waals surface area contributed by atoms with Crippen LogP contribution in [0.2, 0.25) is 0 Å². The number of guanidine groups is 1. The van der Waals surface area contributed by atoms with Gasteiger partial charge in [0.05, 0.1) is 0 Å². The van der Waals surface area contributed by atoms with Gasteiger partial charge in [0.1, 0.15) is 0 Å². The molecule has 1 aromatic rings. The number of nitrogens with one attached hydrogen (secondary N) is 3. The Hall–Kier alpha value is -1.35. The molecule has 1 aliphatic rings. The maximum absolute atomic E-state index is 12.2. The van der Waals surface area contributed by atoms with Gasteiger partial charge >= 0.3 is 0 Å². The van der Waals surface area contributed by atoms with Gasteiger partial charge in [-0.3, -0.25) is 9.79 Å². The smallest absolute Gasteiger partial charge is 0.251 e. The Morgan fingerprint density at radius 1 is 1.14 bits per heavy atom. The summed E-state index contributed by atoms with van der Waals surface area (Å²) in [4.78, 5) is 17.0. The molecule has 0 bridgehead atoms. The molecular weight excluding hydrogens is 479 g/mol. The van der Waals surface area contributed by atoms with E-state index in [9.17, 15) is 9.90 Å². The predicted octanol–water partition coefficient (Wildman–Crippen LogP) is 3.23. The minimum atomic E-state index is -0.0588. The summed E-state index contributed by atoms with van der Waals surface area (Å²) < 4.78 is 0. The summed E-state index contributed by atoms with van der Waals surface area (Å²) in [7, 11) is 0. The number of carbonyl (C=O) groups is 1. The molecule has 0 aromatic heterocycles. The van der Waals surface area contributed by atoms with Crippen molar-refractivity contribution >= 4 is 35.8 Å². The zero-order valence-electron chi connectivity index (χ0n) is 17.8. The summed E-state index contributed by atoms with van der Waals surface area (Å²) >= 11 is 0. The summed E-state index contributed by atoms with van der Waals surface area (Å²) in [5.41, 5.74) is 1.89. The maximum atomic E-state index is 12.2. The molecule has 0 saturated heterocycles. The molecule has 2 rings (SSSR count). The van der Waals surface area contributed by atoms with Crippen molar-refractivity contribution in [3.8, 4) is 0 Å². The van der Waals surface area contributed by atoms with Gasteiger partial charge in [0.2, 0.25) is 0 Å². The monoisotopic (exact) mass is 516 g/mol. The number of amides is 1. The van der Waals surface area contributed by atoms with Crippen molar-refractivity contribution in [3.63, 3.8) is 0 Å². The van der Waals surface area contributed by atoms with E-state index < -0.39 is 0 Å². The molecule has 6 nitrogen and oxygen atoms in total. The molecular formula is C22H37IN4O2. The molecule has 0 radical (unpaired) electrons. The summed E-state index contributed by atoms with van der Waals surface area (Å²) in [6.45, 7) is 6.90. The Morgan fingerprint density at radius 2 is 1.86 bits per heavy atom. The Morgan fingerprint density at radius 3 is 2.52 bits per heavy atom. The highest BCUT2D eigenvalue weighted by atomic mass is 127. The number of aliphatic hydroxyl groups excluding tert-OH is 1. The minimum Gasteiger partial charge on any atom is -0.396 e. The Bertz CT molecular complexity index is 640. The van der Waals surface area contributed by atoms with E-state index in [0.717, 1.165) is 43.9 Å². The number of hydrogen-bond donors (Lipinski definition) is 4. The van der Waals surface area contributed by atoms with Crippen LogP contribution in [-0.4, -0.2) is 49.8 Å². The number of aryl methyl sites for hydroxylation is 1. The summed E-state index contributed by atoms with van der Waals surface area (Å²) in [5.74, 6) is 0.715. The molecule has 29 heavy (non-hydrogen) atoms. The first-order chi connectivity index (χ1) is 13.6. The SMILES string of the molecule is CCNC(=NCC1(CCO)CCCCC1)NCCNC(=O)c1cccc(C)c1.I. The number of halogens is 1. The second-order valence-corrected chi connectivity index (χ2v) is 7.78. The molecule has 1 amide bonds. The first-order valence-corrected chi connectivity index (χ1v) is 10.6. The van der Waals surface area contributed by atoms with Gasteiger partial charge in [0, 0.05) is 38.3 Å². The number of nitrogens with zero attached hydrogens (tertiary/aromatic N) is 1. The van der Waals surface area contributed by atoms with Crippen LogP contribution in [0.1, 0.15) is 61.4 Å². The lowest BCUT2D eigenvalue weighted by atomic mass is 9.72. The van der Waals surface area contributed by atoms with Crippen LogP contribution in [0.4, 0.5) is 0 Å². The predicted molar refractivity (Wildman–Crippen MR) is 130 cm³/mol. The number of aliphatic imine (C=N–C) groups is 1. The molecule has 1 aromatic carbocycles. The lowest BCUT2D eigenvalue weighted by Crippen LogP contribution is -2.42. The number of rotatable bonds is 9. The van der Waals surface area contributed by atoms with E-state index in [-0.39, 0.29) is 41.9 Å². The van der Waals surface area contributed by atoms with Crippen LogP contribution in [0.3, 0.4) is 0 Å². The normalized spacial score (nSPS) is 15.9. The minimum absolute atomic E-state index is 0. The number of benzene rings is 1. The number of aliphatic hydroxyl groups is 1. The molecule has 0 aliphatic heterocycles. The molecule has 164 valence electrons. The molecule has 1 aliphatic carbocycles. The van der Waals surface area contributed by atoms with Crippen molar-refractivity contribution in [1.82, 2.24) is 16.0 Å². The van der Waals surface area contributed by atoms with Crippen molar-refractivity contribution in [2.24, 2.45) is 10.4 Å². The molecule has 7 heteroatoms. The van der Waals surface area contributed by atoms with Crippen molar-refractivity contribution < 1.29 is 9.90 Å². The van der Waals surface area contributed by atoms with Gasteiger partial charge in [-0.15, -0.1) is 24.0 Å². The highest BCUT2D eigenvalue weighted by Crippen LogP contribution is 2.39. The van der Waals surface area contributed by atoms with Gasteiger partial charge in [0.15, 0.2) is 5.96 Å². The zero-order valence-corrected chi connectivity index (χ0v) is 20.1. The zero-order chi connectivity index (χ0) is 20.2. The Kier molecular flexibility index (Phi) is 12.2. The first kappa shape index (κ1) is 25.7. The van der Waals surface area contributed by atoms with Gasteiger partial charge in [0.25, 0.3) is 5.91 Å². The van der Waals surface area contributed by atoms with E-state index in [4.69, 9.17) is 4.99 Å². The van der Waals surface area contributed by atoms with Crippen molar-refractivity contribution in [3.05, 3.63) is 35.4 Å². The third kappa shape index (κ3) is 8.90. The van der Waals surface area contributed by atoms with Crippen LogP contribution in [0.5, 0.6) is 0 Å². The molecule has 1 fully saturated rings. The van der Waals surface area contributed by atoms with Gasteiger partial charge in [-0.1, -0.05) is 37.0 Å². The van der Waals surface area contributed by atoms with E-state index in [1.165, 1.54) is 19.3 Å². The molecule has 0 unspecified atom stereocenters. The number of carbonyl (C=O) groups excluding carboxylic acids is 1. The standard InChI is InChI=1S/C22H36N4O2.HI/c1-3-23-21(26-17-22(12-15-27)10-5-4-6-11-22)25-14-13-24-20(28)19-9-7-8-18(2)16-19;/h7-9,16,27H,3-6,10-15,17H2,1-2H3,(H,24,28)(H2,23,25,26);1H. The Labute approximate surface area is 192 Å². The molecule has 1 saturated carbocycles. The Balaban J connectivity index is 0.00000420. The maximum Gasteiger partial charge on any atom is 0.251 e. The average Bonchev–Trinajstić information content (AvgIpc) is 2.70. The van der Waals surface area contributed by atoms with E-state index in [1.54, 1.807) is 0 Å². The van der Waals surface area contributed by atoms with Crippen LogP contribution in [-0.2, 0) is 0 Å². The van der Waals surface area contributed by atoms with Crippen LogP contribution in [0.25, 0.3) is 0 Å². The summed E-state index contributed by atoms with van der Waals surface area (Å²) in [6, 6.07) is 7.59. The van der Waals surface area contributed by atoms with Crippen LogP contribution < -0.4 is 16.0 Å². The molecule has 0 heterocycles. The first-order valence-electron chi connectivity index (χ1n) is 10.6. The largest absolute Gasteiger partial charge is 0.396 e. The van der Waals surface area contributed by atoms with Gasteiger partial charge in [-0.2, -0.15) is 0 Å². The van der Waals surface area contributed by atoms with E-state index >= 15 is 0 Å². The highest BCUT2D eigenvalue weighted by Gasteiger charge is 2.31. The van der Waals surface area contributed by atoms with Crippen LogP contribution >= 0.6 is 24.0 Å². The van der Waals surface area contributed by atoms with Gasteiger partial charge < -0.3 is 21.1 Å². The lowest BCUT2D eigenvalue weighted by Gasteiger charge is -2.35. The van der Waals surface area contributed by atoms with Gasteiger partial charge in [-0.05, 0) is 50.7 Å². The van der Waals surface area contributed by atoms with Crippen molar-refractivity contribution in [2.45, 2.75) is 52.4 Å². The fourth-order valence-electron chi connectivity index (χ4n) is 3.86. The second kappa shape index (κ2) is 13.8. The fourth-order valence-corrected chi connectivity index (χ4v) is 3.86. The fraction of sp³-hybridized carbons (Fsp3) is 0.636. The van der Waals surface area contributed by atoms with Crippen molar-refractivity contribution in [1.29, 1.82) is 0 Å². The quantitative estimate of drug-likeness (QED) is 0.176. The summed E-state index contributed by atoms with van der Waals surface area (Å²) in [6.07, 6.45) is 6.85. The van der Waals surface area contributed by atoms with Gasteiger partial charge in [-0.25, -0.2) is 0 Å². The summed E-state index contributed by atoms with van der Waals surface area (Å²) in [5, 5.41) is 19.0. The third-order valence-electron chi connectivity index (χ3n) is 5.46. The van der Waals surface area contributed by atoms with E-state index in [1.807, 2.05) is 38.1 Å². The third-order valence-corrected chi connectivity index (χ3v) is 5.46. The highest BCUT2D eigenvalue weighted by molar-refractivity contribution is 14.0. The molecule has 0 spiro atoms. The topological polar surface area (TPSA) is 85.8 Å². The van der Waals surface area contributed by atoms with Crippen LogP contribution in [0, 0.1) is 12.3 Å². The van der Waals surface area contributed by atoms with Crippen molar-refractivity contribution in [2.75, 3.05) is 32.8 Å². The average molecular weight is 516 g/mol. The van der Waals surface area contributed by atoms with Crippen LogP contribution in [0.15, 0.2) is 29.3 Å². The number of hydrogen-bond acceptors (Lipinski definition) is 3.